The maximum absolute atomic E-state index is 13.2. The van der Waals surface area contributed by atoms with E-state index in [1.807, 2.05) is 4.90 Å². The summed E-state index contributed by atoms with van der Waals surface area (Å²) in [6.07, 6.45) is -4.72. The van der Waals surface area contributed by atoms with Crippen LogP contribution in [0.25, 0.3) is 0 Å². The van der Waals surface area contributed by atoms with E-state index in [1.54, 1.807) is 9.80 Å². The fraction of sp³-hybridized carbons (Fsp3) is 0.391. The van der Waals surface area contributed by atoms with E-state index in [0.717, 1.165) is 12.1 Å². The molecule has 0 spiro atoms. The van der Waals surface area contributed by atoms with Gasteiger partial charge in [0, 0.05) is 57.5 Å². The molecule has 2 saturated heterocycles. The molecule has 0 bridgehead atoms. The number of hydrogen-bond donors (Lipinski definition) is 1. The fourth-order valence-corrected chi connectivity index (χ4v) is 4.68. The number of nitrogens with one attached hydrogen (secondary N) is 1. The maximum atomic E-state index is 13.2. The summed E-state index contributed by atoms with van der Waals surface area (Å²) in [6, 6.07) is 6.40. The van der Waals surface area contributed by atoms with E-state index in [-0.39, 0.29) is 48.2 Å². The topological polar surface area (TPSA) is 134 Å². The molecule has 208 valence electrons. The van der Waals surface area contributed by atoms with E-state index < -0.39 is 33.2 Å². The van der Waals surface area contributed by atoms with Crippen molar-refractivity contribution in [2.45, 2.75) is 6.18 Å². The highest BCUT2D eigenvalue weighted by Gasteiger charge is 2.34. The van der Waals surface area contributed by atoms with Crippen LogP contribution < -0.4 is 15.1 Å². The number of anilines is 2. The molecular weight excluding hydrogens is 545 g/mol. The lowest BCUT2D eigenvalue weighted by Gasteiger charge is -2.37. The van der Waals surface area contributed by atoms with Gasteiger partial charge in [0.25, 0.3) is 17.3 Å². The van der Waals surface area contributed by atoms with Gasteiger partial charge >= 0.3 is 6.18 Å². The van der Waals surface area contributed by atoms with E-state index in [9.17, 15) is 38.2 Å². The Hall–Kier alpha value is -4.05. The Balaban J connectivity index is 1.45. The first-order valence-corrected chi connectivity index (χ1v) is 12.2. The average Bonchev–Trinajstić information content (AvgIpc) is 2.92. The first-order chi connectivity index (χ1) is 18.5. The second kappa shape index (κ2) is 11.4. The lowest BCUT2D eigenvalue weighted by atomic mass is 10.1. The molecular formula is C23H23F3N6O6S. The summed E-state index contributed by atoms with van der Waals surface area (Å²) in [5.74, 6) is -0.633. The number of non-ortho nitro benzene ring substituents is 1. The molecule has 12 nitrogen and oxygen atoms in total. The summed E-state index contributed by atoms with van der Waals surface area (Å²) < 4.78 is 44.4. The second-order valence-corrected chi connectivity index (χ2v) is 9.14. The summed E-state index contributed by atoms with van der Waals surface area (Å²) >= 11 is 5.39. The van der Waals surface area contributed by atoms with Gasteiger partial charge in [0.1, 0.15) is 5.69 Å². The Morgan fingerprint density at radius 1 is 0.897 bits per heavy atom. The zero-order valence-electron chi connectivity index (χ0n) is 20.3. The van der Waals surface area contributed by atoms with E-state index >= 15 is 0 Å². The van der Waals surface area contributed by atoms with Gasteiger partial charge in [-0.2, -0.15) is 13.2 Å². The van der Waals surface area contributed by atoms with E-state index in [0.29, 0.717) is 38.1 Å². The van der Waals surface area contributed by atoms with Crippen molar-refractivity contribution in [1.29, 1.82) is 0 Å². The first-order valence-electron chi connectivity index (χ1n) is 11.8. The molecule has 16 heteroatoms. The SMILES string of the molecule is O=C(NC(=S)N1CCN(c2ccc(C(F)(F)F)cc2[N+](=O)[O-])CC1)c1cc([N+](=O)[O-])ccc1N1CCOCC1. The van der Waals surface area contributed by atoms with Crippen molar-refractivity contribution in [2.75, 3.05) is 62.3 Å². The number of morpholine rings is 1. The number of ether oxygens (including phenoxy) is 1. The molecule has 2 aliphatic heterocycles. The van der Waals surface area contributed by atoms with Gasteiger partial charge in [-0.1, -0.05) is 0 Å². The van der Waals surface area contributed by atoms with Crippen molar-refractivity contribution in [3.63, 3.8) is 0 Å². The molecule has 4 rings (SSSR count). The molecule has 2 aromatic carbocycles. The molecule has 0 aromatic heterocycles. The van der Waals surface area contributed by atoms with Crippen LogP contribution in [0.5, 0.6) is 0 Å². The molecule has 0 aliphatic carbocycles. The number of hydrogen-bond acceptors (Lipinski definition) is 9. The van der Waals surface area contributed by atoms with Crippen LogP contribution in [-0.2, 0) is 10.9 Å². The van der Waals surface area contributed by atoms with Gasteiger partial charge in [-0.25, -0.2) is 0 Å². The lowest BCUT2D eigenvalue weighted by Crippen LogP contribution is -2.53. The van der Waals surface area contributed by atoms with Gasteiger partial charge in [-0.05, 0) is 30.4 Å². The summed E-state index contributed by atoms with van der Waals surface area (Å²) in [5.41, 5.74) is -1.39. The summed E-state index contributed by atoms with van der Waals surface area (Å²) in [6.45, 7) is 2.72. The van der Waals surface area contributed by atoms with Crippen molar-refractivity contribution in [2.24, 2.45) is 0 Å². The number of piperazine rings is 1. The Kier molecular flexibility index (Phi) is 8.15. The predicted molar refractivity (Wildman–Crippen MR) is 138 cm³/mol. The van der Waals surface area contributed by atoms with Crippen molar-refractivity contribution in [3.05, 3.63) is 67.8 Å². The minimum atomic E-state index is -4.72. The molecule has 1 amide bonds. The van der Waals surface area contributed by atoms with E-state index in [1.165, 1.54) is 18.2 Å². The molecule has 2 aromatic rings. The molecule has 2 heterocycles. The molecule has 1 N–H and O–H groups in total. The third-order valence-corrected chi connectivity index (χ3v) is 6.78. The minimum absolute atomic E-state index is 0.0503. The molecule has 0 saturated carbocycles. The monoisotopic (exact) mass is 568 g/mol. The standard InChI is InChI=1S/C23H23F3N6O6S/c24-23(25,26)15-1-3-19(20(13-15)32(36)37)28-5-7-30(8-6-28)22(39)27-21(33)17-14-16(31(34)35)2-4-18(17)29-9-11-38-12-10-29/h1-4,13-14H,5-12H2,(H,27,33,39). The van der Waals surface area contributed by atoms with Crippen LogP contribution in [0.2, 0.25) is 0 Å². The number of rotatable bonds is 5. The quantitative estimate of drug-likeness (QED) is 0.326. The first kappa shape index (κ1) is 28.0. The van der Waals surface area contributed by atoms with Gasteiger partial charge in [0.15, 0.2) is 5.11 Å². The number of thiocarbonyl (C=S) groups is 1. The highest BCUT2D eigenvalue weighted by atomic mass is 32.1. The summed E-state index contributed by atoms with van der Waals surface area (Å²) in [7, 11) is 0. The second-order valence-electron chi connectivity index (χ2n) is 8.75. The van der Waals surface area contributed by atoms with E-state index in [4.69, 9.17) is 17.0 Å². The third kappa shape index (κ3) is 6.34. The maximum Gasteiger partial charge on any atom is 0.416 e. The zero-order valence-corrected chi connectivity index (χ0v) is 21.2. The number of amides is 1. The predicted octanol–water partition coefficient (Wildman–Crippen LogP) is 3.20. The number of alkyl halides is 3. The number of carbonyl (C=O) groups is 1. The molecule has 0 atom stereocenters. The van der Waals surface area contributed by atoms with Gasteiger partial charge < -0.3 is 19.4 Å². The molecule has 2 fully saturated rings. The zero-order chi connectivity index (χ0) is 28.3. The molecule has 2 aliphatic rings. The Labute approximate surface area is 225 Å². The third-order valence-electron chi connectivity index (χ3n) is 6.41. The van der Waals surface area contributed by atoms with Gasteiger partial charge in [0.2, 0.25) is 0 Å². The number of benzene rings is 2. The average molecular weight is 569 g/mol. The summed E-state index contributed by atoms with van der Waals surface area (Å²) in [5, 5.41) is 25.4. The summed E-state index contributed by atoms with van der Waals surface area (Å²) in [4.78, 5) is 39.6. The van der Waals surface area contributed by atoms with Crippen LogP contribution in [0.15, 0.2) is 36.4 Å². The van der Waals surface area contributed by atoms with Crippen molar-refractivity contribution in [3.8, 4) is 0 Å². The smallest absolute Gasteiger partial charge is 0.378 e. The van der Waals surface area contributed by atoms with Crippen molar-refractivity contribution >= 4 is 46.0 Å². The Bertz CT molecular complexity index is 1300. The van der Waals surface area contributed by atoms with Crippen LogP contribution in [0.4, 0.5) is 35.9 Å². The number of halogens is 3. The highest BCUT2D eigenvalue weighted by Crippen LogP contribution is 2.37. The van der Waals surface area contributed by atoms with Crippen molar-refractivity contribution in [1.82, 2.24) is 10.2 Å². The van der Waals surface area contributed by atoms with Gasteiger partial charge in [-0.15, -0.1) is 0 Å². The minimum Gasteiger partial charge on any atom is -0.378 e. The van der Waals surface area contributed by atoms with Crippen molar-refractivity contribution < 1.29 is 32.5 Å². The highest BCUT2D eigenvalue weighted by molar-refractivity contribution is 7.80. The molecule has 0 radical (unpaired) electrons. The number of nitro benzene ring substituents is 2. The van der Waals surface area contributed by atoms with Crippen LogP contribution in [-0.4, -0.2) is 78.2 Å². The Morgan fingerprint density at radius 3 is 2.10 bits per heavy atom. The van der Waals surface area contributed by atoms with Gasteiger partial charge in [0.05, 0.1) is 39.9 Å². The number of nitrogens with zero attached hydrogens (tertiary/aromatic N) is 5. The largest absolute Gasteiger partial charge is 0.416 e. The van der Waals surface area contributed by atoms with E-state index in [2.05, 4.69) is 5.32 Å². The molecule has 0 unspecified atom stereocenters. The Morgan fingerprint density at radius 2 is 1.51 bits per heavy atom. The normalized spacial score (nSPS) is 16.1. The van der Waals surface area contributed by atoms with Crippen LogP contribution in [0, 0.1) is 20.2 Å². The van der Waals surface area contributed by atoms with Crippen LogP contribution in [0.3, 0.4) is 0 Å². The van der Waals surface area contributed by atoms with Crippen LogP contribution >= 0.6 is 12.2 Å². The van der Waals surface area contributed by atoms with Gasteiger partial charge in [-0.3, -0.25) is 30.3 Å². The number of carbonyl (C=O) groups excluding carboxylic acids is 1. The number of nitro groups is 2. The fourth-order valence-electron chi connectivity index (χ4n) is 4.41. The molecule has 39 heavy (non-hydrogen) atoms. The lowest BCUT2D eigenvalue weighted by molar-refractivity contribution is -0.384. The van der Waals surface area contributed by atoms with Crippen LogP contribution in [0.1, 0.15) is 15.9 Å².